The average molecular weight is 581 g/mol. The van der Waals surface area contributed by atoms with Gasteiger partial charge in [-0.1, -0.05) is 24.3 Å². The molecule has 0 aliphatic heterocycles. The SMILES string of the molecule is CC(=O)c1c(C)cc(O)c2c(O)c3c(O)cccc3c(-c3c4c(c(O)c5c(O)cccc35)C(=O)C[C@@](C)(O)C4C(C)=O)c12. The zero-order chi connectivity index (χ0) is 31.3. The number of fused-ring (bicyclic) bond motifs is 4. The number of ketones is 3. The predicted molar refractivity (Wildman–Crippen MR) is 160 cm³/mol. The molecule has 0 fully saturated rings. The summed E-state index contributed by atoms with van der Waals surface area (Å²) in [6.45, 7) is 5.52. The lowest BCUT2D eigenvalue weighted by Crippen LogP contribution is -2.43. The van der Waals surface area contributed by atoms with Crippen molar-refractivity contribution < 1.29 is 45.0 Å². The van der Waals surface area contributed by atoms with E-state index >= 15 is 0 Å². The molecule has 0 saturated heterocycles. The zero-order valence-electron chi connectivity index (χ0n) is 23.7. The summed E-state index contributed by atoms with van der Waals surface area (Å²) in [4.78, 5) is 40.2. The van der Waals surface area contributed by atoms with Gasteiger partial charge in [0.05, 0.1) is 33.2 Å². The maximum absolute atomic E-state index is 13.7. The van der Waals surface area contributed by atoms with Gasteiger partial charge in [-0.2, -0.15) is 0 Å². The lowest BCUT2D eigenvalue weighted by Gasteiger charge is -2.39. The van der Waals surface area contributed by atoms with Crippen molar-refractivity contribution in [2.24, 2.45) is 0 Å². The average Bonchev–Trinajstić information content (AvgIpc) is 2.88. The molecule has 0 aromatic heterocycles. The first-order valence-electron chi connectivity index (χ1n) is 13.6. The molecule has 9 nitrogen and oxygen atoms in total. The predicted octanol–water partition coefficient (Wildman–Crippen LogP) is 5.86. The van der Waals surface area contributed by atoms with Gasteiger partial charge in [-0.05, 0) is 78.9 Å². The summed E-state index contributed by atoms with van der Waals surface area (Å²) in [5.74, 6) is -5.15. The van der Waals surface area contributed by atoms with Crippen LogP contribution in [0.1, 0.15) is 65.0 Å². The van der Waals surface area contributed by atoms with Gasteiger partial charge < -0.3 is 30.6 Å². The van der Waals surface area contributed by atoms with Crippen molar-refractivity contribution in [1.82, 2.24) is 0 Å². The number of hydrogen-bond acceptors (Lipinski definition) is 9. The van der Waals surface area contributed by atoms with Crippen LogP contribution in [0.2, 0.25) is 0 Å². The highest BCUT2D eigenvalue weighted by Crippen LogP contribution is 2.57. The third-order valence-electron chi connectivity index (χ3n) is 8.58. The van der Waals surface area contributed by atoms with E-state index in [1.807, 2.05) is 0 Å². The van der Waals surface area contributed by atoms with Crippen LogP contribution in [0.4, 0.5) is 0 Å². The second-order valence-corrected chi connectivity index (χ2v) is 11.5. The van der Waals surface area contributed by atoms with E-state index in [1.54, 1.807) is 19.1 Å². The number of Topliss-reactive ketones (excluding diaryl/α,β-unsaturated/α-hetero) is 3. The number of aromatic hydroxyl groups is 5. The Bertz CT molecular complexity index is 2120. The molecular formula is C34H28O9. The largest absolute Gasteiger partial charge is 0.507 e. The van der Waals surface area contributed by atoms with E-state index in [9.17, 15) is 45.0 Å². The Balaban J connectivity index is 2.07. The highest BCUT2D eigenvalue weighted by molar-refractivity contribution is 6.29. The van der Waals surface area contributed by atoms with Gasteiger partial charge in [-0.15, -0.1) is 0 Å². The summed E-state index contributed by atoms with van der Waals surface area (Å²) in [7, 11) is 0. The molecule has 0 bridgehead atoms. The van der Waals surface area contributed by atoms with Gasteiger partial charge in [0.1, 0.15) is 34.5 Å². The molecule has 6 N–H and O–H groups in total. The van der Waals surface area contributed by atoms with Crippen molar-refractivity contribution in [3.8, 4) is 39.9 Å². The molecule has 43 heavy (non-hydrogen) atoms. The second-order valence-electron chi connectivity index (χ2n) is 11.5. The van der Waals surface area contributed by atoms with Crippen molar-refractivity contribution in [3.63, 3.8) is 0 Å². The van der Waals surface area contributed by atoms with Crippen molar-refractivity contribution in [3.05, 3.63) is 64.7 Å². The van der Waals surface area contributed by atoms with Crippen LogP contribution in [0.25, 0.3) is 43.4 Å². The third kappa shape index (κ3) is 3.71. The first-order chi connectivity index (χ1) is 20.2. The molecule has 1 aliphatic rings. The molecule has 0 spiro atoms. The van der Waals surface area contributed by atoms with Gasteiger partial charge in [0.15, 0.2) is 11.6 Å². The van der Waals surface area contributed by atoms with Gasteiger partial charge in [0, 0.05) is 17.4 Å². The number of rotatable bonds is 3. The Morgan fingerprint density at radius 3 is 1.88 bits per heavy atom. The lowest BCUT2D eigenvalue weighted by molar-refractivity contribution is -0.124. The molecule has 218 valence electrons. The topological polar surface area (TPSA) is 173 Å². The molecule has 0 amide bonds. The van der Waals surface area contributed by atoms with Gasteiger partial charge >= 0.3 is 0 Å². The van der Waals surface area contributed by atoms with E-state index in [-0.39, 0.29) is 71.6 Å². The number of benzene rings is 5. The molecule has 1 unspecified atom stereocenters. The van der Waals surface area contributed by atoms with E-state index in [2.05, 4.69) is 0 Å². The highest BCUT2D eigenvalue weighted by Gasteiger charge is 2.48. The number of phenolic OH excluding ortho intramolecular Hbond substituents is 5. The standard InChI is InChI=1S/C34H28O9/c1-13-11-20(39)27-29(22(13)14(2)35)25(16-7-5-9-18(37)23(16)32(27)41)26-17-8-6-10-19(38)24(17)33(42)28-21(40)12-34(4,43)31(15(3)36)30(26)28/h5-11,31,37-39,41-43H,12H2,1-4H3/t31?,34-/m1/s1. The van der Waals surface area contributed by atoms with Crippen LogP contribution in [-0.2, 0) is 4.79 Å². The summed E-state index contributed by atoms with van der Waals surface area (Å²) in [5, 5.41) is 67.7. The van der Waals surface area contributed by atoms with Crippen LogP contribution < -0.4 is 0 Å². The van der Waals surface area contributed by atoms with Crippen LogP contribution in [0.5, 0.6) is 28.7 Å². The maximum Gasteiger partial charge on any atom is 0.169 e. The van der Waals surface area contributed by atoms with E-state index in [0.29, 0.717) is 5.56 Å². The normalized spacial score (nSPS) is 18.3. The lowest BCUT2D eigenvalue weighted by atomic mass is 9.66. The summed E-state index contributed by atoms with van der Waals surface area (Å²) >= 11 is 0. The number of carbonyl (C=O) groups is 3. The monoisotopic (exact) mass is 580 g/mol. The fourth-order valence-electron chi connectivity index (χ4n) is 7.09. The van der Waals surface area contributed by atoms with Gasteiger partial charge in [0.25, 0.3) is 0 Å². The maximum atomic E-state index is 13.7. The fourth-order valence-corrected chi connectivity index (χ4v) is 7.09. The number of aryl methyl sites for hydroxylation is 1. The Labute approximate surface area is 244 Å². The van der Waals surface area contributed by atoms with Crippen LogP contribution in [0.3, 0.4) is 0 Å². The summed E-state index contributed by atoms with van der Waals surface area (Å²) < 4.78 is 0. The minimum Gasteiger partial charge on any atom is -0.507 e. The molecule has 5 aromatic carbocycles. The minimum absolute atomic E-state index is 0.0310. The second kappa shape index (κ2) is 9.17. The highest BCUT2D eigenvalue weighted by atomic mass is 16.3. The third-order valence-corrected chi connectivity index (χ3v) is 8.58. The number of hydrogen-bond donors (Lipinski definition) is 6. The quantitative estimate of drug-likeness (QED) is 0.113. The van der Waals surface area contributed by atoms with Gasteiger partial charge in [-0.3, -0.25) is 14.4 Å². The van der Waals surface area contributed by atoms with Gasteiger partial charge in [0.2, 0.25) is 0 Å². The summed E-state index contributed by atoms with van der Waals surface area (Å²) in [6.07, 6.45) is -0.493. The van der Waals surface area contributed by atoms with Gasteiger partial charge in [-0.25, -0.2) is 0 Å². The van der Waals surface area contributed by atoms with Crippen molar-refractivity contribution in [2.45, 2.75) is 45.6 Å². The smallest absolute Gasteiger partial charge is 0.169 e. The number of carbonyl (C=O) groups excluding carboxylic acids is 3. The Morgan fingerprint density at radius 2 is 1.33 bits per heavy atom. The first-order valence-corrected chi connectivity index (χ1v) is 13.6. The van der Waals surface area contributed by atoms with E-state index < -0.39 is 52.5 Å². The molecule has 5 aromatic rings. The molecule has 9 heteroatoms. The number of phenols is 5. The van der Waals surface area contributed by atoms with Crippen LogP contribution in [0.15, 0.2) is 42.5 Å². The Hall–Kier alpha value is -5.15. The van der Waals surface area contributed by atoms with Crippen LogP contribution >= 0.6 is 0 Å². The van der Waals surface area contributed by atoms with Crippen LogP contribution in [0, 0.1) is 6.92 Å². The zero-order valence-corrected chi connectivity index (χ0v) is 23.7. The first kappa shape index (κ1) is 28.0. The Kier molecular flexibility index (Phi) is 5.97. The summed E-state index contributed by atoms with van der Waals surface area (Å²) in [6, 6.07) is 10.1. The Morgan fingerprint density at radius 1 is 0.767 bits per heavy atom. The van der Waals surface area contributed by atoms with Crippen molar-refractivity contribution in [1.29, 1.82) is 0 Å². The summed E-state index contributed by atoms with van der Waals surface area (Å²) in [5.41, 5.74) is -1.45. The molecule has 0 radical (unpaired) electrons. The van der Waals surface area contributed by atoms with Crippen molar-refractivity contribution in [2.75, 3.05) is 0 Å². The fraction of sp³-hybridized carbons (Fsp3) is 0.206. The molecular weight excluding hydrogens is 552 g/mol. The number of aliphatic hydroxyl groups is 1. The molecule has 1 aliphatic carbocycles. The molecule has 0 heterocycles. The van der Waals surface area contributed by atoms with Crippen LogP contribution in [-0.4, -0.2) is 53.6 Å². The molecule has 6 rings (SSSR count). The molecule has 0 saturated carbocycles. The van der Waals surface area contributed by atoms with E-state index in [4.69, 9.17) is 0 Å². The molecule has 2 atom stereocenters. The van der Waals surface area contributed by atoms with E-state index in [1.165, 1.54) is 51.1 Å². The van der Waals surface area contributed by atoms with Crippen molar-refractivity contribution >= 4 is 49.7 Å². The van der Waals surface area contributed by atoms with E-state index in [0.717, 1.165) is 0 Å². The minimum atomic E-state index is -1.88.